The highest BCUT2D eigenvalue weighted by molar-refractivity contribution is 6.23. The number of amides is 3. The number of urea groups is 1. The van der Waals surface area contributed by atoms with E-state index in [0.717, 1.165) is 6.07 Å². The van der Waals surface area contributed by atoms with Gasteiger partial charge in [0.25, 0.3) is 5.91 Å². The van der Waals surface area contributed by atoms with Gasteiger partial charge in [0, 0.05) is 42.9 Å². The van der Waals surface area contributed by atoms with E-state index in [2.05, 4.69) is 15.8 Å². The van der Waals surface area contributed by atoms with Crippen LogP contribution in [0.4, 0.5) is 31.9 Å². The van der Waals surface area contributed by atoms with Crippen LogP contribution in [0.3, 0.4) is 0 Å². The number of benzene rings is 2. The third kappa shape index (κ3) is 4.81. The summed E-state index contributed by atoms with van der Waals surface area (Å²) in [7, 11) is 3.37. The molecule has 5 rings (SSSR count). The van der Waals surface area contributed by atoms with E-state index in [1.165, 1.54) is 24.3 Å². The molecule has 0 aliphatic heterocycles. The largest absolute Gasteiger partial charge is 0.508 e. The van der Waals surface area contributed by atoms with Crippen molar-refractivity contribution in [2.75, 3.05) is 29.6 Å². The fourth-order valence-corrected chi connectivity index (χ4v) is 6.97. The molecular weight excluding hydrogens is 589 g/mol. The van der Waals surface area contributed by atoms with Crippen LogP contribution >= 0.6 is 0 Å². The molecular formula is C31H32FN5O8. The lowest BCUT2D eigenvalue weighted by Gasteiger charge is -2.50. The lowest BCUT2D eigenvalue weighted by molar-refractivity contribution is -0.155. The van der Waals surface area contributed by atoms with Gasteiger partial charge in [-0.3, -0.25) is 14.4 Å². The highest BCUT2D eigenvalue weighted by Crippen LogP contribution is 2.56. The molecule has 14 heteroatoms. The summed E-state index contributed by atoms with van der Waals surface area (Å²) in [6.07, 6.45) is 0.0174. The Bertz CT molecular complexity index is 1750. The van der Waals surface area contributed by atoms with E-state index in [-0.39, 0.29) is 35.4 Å². The first-order valence-electron chi connectivity index (χ1n) is 14.2. The first kappa shape index (κ1) is 31.3. The maximum absolute atomic E-state index is 14.1. The smallest absolute Gasteiger partial charge is 0.323 e. The Morgan fingerprint density at radius 1 is 1.16 bits per heavy atom. The molecule has 0 aromatic heterocycles. The molecule has 45 heavy (non-hydrogen) atoms. The quantitative estimate of drug-likeness (QED) is 0.204. The summed E-state index contributed by atoms with van der Waals surface area (Å²) in [5.74, 6) is -9.15. The van der Waals surface area contributed by atoms with Crippen LogP contribution in [0.15, 0.2) is 52.4 Å². The van der Waals surface area contributed by atoms with Gasteiger partial charge in [-0.1, -0.05) is 19.9 Å². The molecule has 13 nitrogen and oxygen atoms in total. The number of rotatable bonds is 6. The van der Waals surface area contributed by atoms with Crippen molar-refractivity contribution in [1.29, 1.82) is 0 Å². The zero-order chi connectivity index (χ0) is 33.1. The third-order valence-corrected chi connectivity index (χ3v) is 8.85. The van der Waals surface area contributed by atoms with Crippen LogP contribution < -0.4 is 21.3 Å². The number of nitrogens with one attached hydrogen (secondary N) is 2. The standard InChI is InChI=1S/C31H32FN5O8/c1-12(2)20-17-9-13-8-16-19(37(3)4)11-18(35-30(43)34-15-7-5-6-14(32)10-15)24(36-45)22(16)26(39)21(13)27(40)31(17,44)28(41)23(25(20)38)29(33)42/h5-7,10-13,17,20,39,41,44H,8-9H2,1-4H3,(H2,33,42)(H2,34,35,43)/t13-,17-,20-,31-/m0/s1. The van der Waals surface area contributed by atoms with Crippen molar-refractivity contribution < 1.29 is 38.9 Å². The number of halogens is 1. The van der Waals surface area contributed by atoms with Gasteiger partial charge in [0.2, 0.25) is 5.78 Å². The van der Waals surface area contributed by atoms with Crippen molar-refractivity contribution in [3.8, 4) is 0 Å². The molecule has 0 radical (unpaired) electrons. The second-order valence-electron chi connectivity index (χ2n) is 12.0. The molecule has 1 fully saturated rings. The second kappa shape index (κ2) is 11.1. The third-order valence-electron chi connectivity index (χ3n) is 8.85. The molecule has 2 aromatic carbocycles. The maximum Gasteiger partial charge on any atom is 0.323 e. The summed E-state index contributed by atoms with van der Waals surface area (Å²) in [4.78, 5) is 66.5. The van der Waals surface area contributed by atoms with E-state index >= 15 is 0 Å². The molecule has 7 N–H and O–H groups in total. The molecule has 3 amide bonds. The Hall–Kier alpha value is -5.11. The Balaban J connectivity index is 1.67. The lowest BCUT2D eigenvalue weighted by atomic mass is 9.54. The number of hydrogen-bond donors (Lipinski definition) is 6. The Labute approximate surface area is 256 Å². The van der Waals surface area contributed by atoms with Crippen LogP contribution in [0, 0.1) is 34.4 Å². The van der Waals surface area contributed by atoms with Crippen LogP contribution in [0.2, 0.25) is 0 Å². The lowest BCUT2D eigenvalue weighted by Crippen LogP contribution is -2.62. The first-order chi connectivity index (χ1) is 21.1. The summed E-state index contributed by atoms with van der Waals surface area (Å²) in [5.41, 5.74) is 1.66. The number of Topliss-reactive ketones (excluding diaryl/α,β-unsaturated/α-hetero) is 2. The number of nitroso groups, excluding NO2 is 1. The van der Waals surface area contributed by atoms with Crippen LogP contribution in [0.1, 0.15) is 31.4 Å². The summed E-state index contributed by atoms with van der Waals surface area (Å²) >= 11 is 0. The SMILES string of the molecule is CC(C)[C@@H]1C(=O)C(C(N)=O)=C(O)[C@@]2(O)C(=O)C3=C(O)c4c(c(N(C)C)cc(NC(=O)Nc5cccc(F)c5)c4N=O)C[C@H]3C[C@@H]12. The van der Waals surface area contributed by atoms with E-state index in [9.17, 15) is 43.8 Å². The molecule has 0 heterocycles. The van der Waals surface area contributed by atoms with Crippen molar-refractivity contribution >= 4 is 52.0 Å². The summed E-state index contributed by atoms with van der Waals surface area (Å²) in [5, 5.41) is 42.5. The number of nitrogens with two attached hydrogens (primary N) is 1. The molecule has 0 saturated heterocycles. The van der Waals surface area contributed by atoms with Crippen LogP contribution in [-0.2, 0) is 20.8 Å². The number of carbonyl (C=O) groups is 4. The van der Waals surface area contributed by atoms with E-state index in [4.69, 9.17) is 5.73 Å². The van der Waals surface area contributed by atoms with Gasteiger partial charge in [0.15, 0.2) is 11.4 Å². The van der Waals surface area contributed by atoms with Gasteiger partial charge in [-0.2, -0.15) is 0 Å². The Morgan fingerprint density at radius 2 is 1.84 bits per heavy atom. The van der Waals surface area contributed by atoms with Gasteiger partial charge in [0.05, 0.1) is 11.3 Å². The van der Waals surface area contributed by atoms with Gasteiger partial charge in [-0.05, 0) is 59.7 Å². The number of carbonyl (C=O) groups excluding carboxylic acids is 4. The summed E-state index contributed by atoms with van der Waals surface area (Å²) < 4.78 is 13.6. The van der Waals surface area contributed by atoms with Crippen LogP contribution in [-0.4, -0.2) is 58.5 Å². The average Bonchev–Trinajstić information content (AvgIpc) is 2.94. The van der Waals surface area contributed by atoms with Crippen molar-refractivity contribution in [2.45, 2.75) is 32.3 Å². The maximum atomic E-state index is 14.1. The van der Waals surface area contributed by atoms with E-state index < -0.39 is 81.4 Å². The molecule has 236 valence electrons. The van der Waals surface area contributed by atoms with Crippen molar-refractivity contribution in [3.63, 3.8) is 0 Å². The number of primary amides is 1. The van der Waals surface area contributed by atoms with Gasteiger partial charge in [-0.25, -0.2) is 9.18 Å². The predicted octanol–water partition coefficient (Wildman–Crippen LogP) is 3.85. The minimum atomic E-state index is -2.76. The molecule has 0 unspecified atom stereocenters. The number of anilines is 3. The Kier molecular flexibility index (Phi) is 7.73. The van der Waals surface area contributed by atoms with Crippen molar-refractivity contribution in [1.82, 2.24) is 0 Å². The number of aliphatic hydroxyl groups excluding tert-OH is 2. The number of nitrogens with zero attached hydrogens (tertiary/aromatic N) is 2. The second-order valence-corrected chi connectivity index (χ2v) is 12.0. The minimum Gasteiger partial charge on any atom is -0.508 e. The van der Waals surface area contributed by atoms with Crippen molar-refractivity contribution in [2.24, 2.45) is 34.6 Å². The number of ketones is 2. The highest BCUT2D eigenvalue weighted by atomic mass is 19.1. The number of aliphatic hydroxyl groups is 3. The van der Waals surface area contributed by atoms with Crippen LogP contribution in [0.5, 0.6) is 0 Å². The molecule has 1 saturated carbocycles. The molecule has 3 aliphatic rings. The Morgan fingerprint density at radius 3 is 2.42 bits per heavy atom. The van der Waals surface area contributed by atoms with E-state index in [1.807, 2.05) is 0 Å². The molecule has 2 aromatic rings. The normalized spacial score (nSPS) is 24.1. The molecule has 0 spiro atoms. The fourth-order valence-electron chi connectivity index (χ4n) is 6.97. The van der Waals surface area contributed by atoms with Gasteiger partial charge < -0.3 is 36.6 Å². The molecule has 0 bridgehead atoms. The highest BCUT2D eigenvalue weighted by Gasteiger charge is 2.64. The zero-order valence-electron chi connectivity index (χ0n) is 24.8. The minimum absolute atomic E-state index is 0.0431. The van der Waals surface area contributed by atoms with Crippen molar-refractivity contribution in [3.05, 3.63) is 69.1 Å². The van der Waals surface area contributed by atoms with Crippen LogP contribution in [0.25, 0.3) is 5.76 Å². The van der Waals surface area contributed by atoms with E-state index in [0.29, 0.717) is 11.3 Å². The van der Waals surface area contributed by atoms with E-state index in [1.54, 1.807) is 32.8 Å². The number of fused-ring (bicyclic) bond motifs is 3. The predicted molar refractivity (Wildman–Crippen MR) is 162 cm³/mol. The summed E-state index contributed by atoms with van der Waals surface area (Å²) in [6, 6.07) is 5.71. The van der Waals surface area contributed by atoms with Gasteiger partial charge in [-0.15, -0.1) is 4.91 Å². The topological polar surface area (TPSA) is 212 Å². The molecule has 4 atom stereocenters. The summed E-state index contributed by atoms with van der Waals surface area (Å²) in [6.45, 7) is 3.36. The average molecular weight is 622 g/mol. The zero-order valence-corrected chi connectivity index (χ0v) is 24.8. The molecule has 3 aliphatic carbocycles. The van der Waals surface area contributed by atoms with Gasteiger partial charge >= 0.3 is 6.03 Å². The fraction of sp³-hybridized carbons (Fsp3) is 0.355. The monoisotopic (exact) mass is 621 g/mol. The first-order valence-corrected chi connectivity index (χ1v) is 14.2. The number of hydrogen-bond acceptors (Lipinski definition) is 10. The van der Waals surface area contributed by atoms with Gasteiger partial charge in [0.1, 0.15) is 28.6 Å².